The number of methoxy groups -OCH3 is 1. The molecule has 0 spiro atoms. The number of hydrogen-bond acceptors (Lipinski definition) is 6. The average Bonchev–Trinajstić information content (AvgIpc) is 3.58. The second kappa shape index (κ2) is 9.67. The highest BCUT2D eigenvalue weighted by Crippen LogP contribution is 2.47. The molecule has 0 radical (unpaired) electrons. The van der Waals surface area contributed by atoms with Gasteiger partial charge in [0.05, 0.1) is 24.5 Å². The van der Waals surface area contributed by atoms with Crippen LogP contribution in [0.3, 0.4) is 0 Å². The molecule has 4 rings (SSSR count). The van der Waals surface area contributed by atoms with Gasteiger partial charge in [-0.05, 0) is 51.0 Å². The van der Waals surface area contributed by atoms with Gasteiger partial charge in [-0.3, -0.25) is 9.78 Å². The molecule has 0 bridgehead atoms. The van der Waals surface area contributed by atoms with Gasteiger partial charge in [-0.15, -0.1) is 0 Å². The van der Waals surface area contributed by atoms with Crippen LogP contribution in [0.1, 0.15) is 40.8 Å². The number of pyridine rings is 2. The summed E-state index contributed by atoms with van der Waals surface area (Å²) in [7, 11) is 1.62. The van der Waals surface area contributed by atoms with Crippen LogP contribution in [0.4, 0.5) is 0 Å². The van der Waals surface area contributed by atoms with Crippen LogP contribution in [-0.4, -0.2) is 39.8 Å². The Balaban J connectivity index is 1.55. The van der Waals surface area contributed by atoms with Crippen LogP contribution in [0.15, 0.2) is 41.8 Å². The molecule has 0 amide bonds. The first-order valence-electron chi connectivity index (χ1n) is 11.2. The van der Waals surface area contributed by atoms with Crippen LogP contribution in [0.5, 0.6) is 5.88 Å². The van der Waals surface area contributed by atoms with Gasteiger partial charge in [-0.1, -0.05) is 12.6 Å². The molecule has 3 aromatic heterocycles. The number of nitrogens with zero attached hydrogens (tertiary/aromatic N) is 4. The monoisotopic (exact) mass is 446 g/mol. The first-order chi connectivity index (χ1) is 15.9. The summed E-state index contributed by atoms with van der Waals surface area (Å²) in [5.41, 5.74) is 5.59. The molecule has 0 N–H and O–H groups in total. The van der Waals surface area contributed by atoms with E-state index in [4.69, 9.17) is 14.5 Å². The molecule has 0 saturated heterocycles. The maximum absolute atomic E-state index is 12.4. The fraction of sp³-hybridized carbons (Fsp3) is 0.385. The van der Waals surface area contributed by atoms with E-state index in [1.54, 1.807) is 30.0 Å². The largest absolute Gasteiger partial charge is 0.477 e. The number of aryl methyl sites for hydroxylation is 2. The van der Waals surface area contributed by atoms with Crippen LogP contribution < -0.4 is 10.3 Å². The van der Waals surface area contributed by atoms with Crippen molar-refractivity contribution < 1.29 is 9.47 Å². The lowest BCUT2D eigenvalue weighted by molar-refractivity contribution is 0.185. The van der Waals surface area contributed by atoms with E-state index in [0.717, 1.165) is 40.2 Å². The first-order valence-corrected chi connectivity index (χ1v) is 11.2. The number of aromatic nitrogens is 4. The minimum Gasteiger partial charge on any atom is -0.477 e. The second-order valence-corrected chi connectivity index (χ2v) is 8.51. The fourth-order valence-electron chi connectivity index (χ4n) is 4.12. The second-order valence-electron chi connectivity index (χ2n) is 8.51. The highest BCUT2D eigenvalue weighted by molar-refractivity contribution is 5.69. The molecule has 172 valence electrons. The quantitative estimate of drug-likeness (QED) is 0.492. The van der Waals surface area contributed by atoms with Crippen molar-refractivity contribution >= 4 is 6.08 Å². The summed E-state index contributed by atoms with van der Waals surface area (Å²) in [6, 6.07) is 7.58. The number of hydrogen-bond donors (Lipinski definition) is 0. The zero-order valence-electron chi connectivity index (χ0n) is 19.7. The van der Waals surface area contributed by atoms with Gasteiger partial charge in [0.15, 0.2) is 0 Å². The smallest absolute Gasteiger partial charge is 0.250 e. The topological polar surface area (TPSA) is 79.1 Å². The number of rotatable bonds is 9. The van der Waals surface area contributed by atoms with Gasteiger partial charge < -0.3 is 14.0 Å². The molecule has 3 heterocycles. The lowest BCUT2D eigenvalue weighted by Crippen LogP contribution is -2.24. The van der Waals surface area contributed by atoms with Crippen molar-refractivity contribution in [1.82, 2.24) is 19.5 Å². The molecule has 1 aliphatic carbocycles. The van der Waals surface area contributed by atoms with Gasteiger partial charge in [-0.2, -0.15) is 4.98 Å². The Kier molecular flexibility index (Phi) is 6.70. The molecule has 2 atom stereocenters. The maximum Gasteiger partial charge on any atom is 0.250 e. The number of ether oxygens (including phenoxy) is 2. The highest BCUT2D eigenvalue weighted by atomic mass is 16.5. The molecular formula is C26H30N4O3. The molecule has 0 aliphatic heterocycles. The zero-order valence-corrected chi connectivity index (χ0v) is 19.7. The molecule has 7 nitrogen and oxygen atoms in total. The molecular weight excluding hydrogens is 416 g/mol. The van der Waals surface area contributed by atoms with E-state index in [1.165, 1.54) is 0 Å². The predicted octanol–water partition coefficient (Wildman–Crippen LogP) is 4.10. The predicted molar refractivity (Wildman–Crippen MR) is 128 cm³/mol. The Morgan fingerprint density at radius 1 is 1.15 bits per heavy atom. The molecule has 3 aromatic rings. The fourth-order valence-corrected chi connectivity index (χ4v) is 4.12. The molecule has 1 saturated carbocycles. The first kappa shape index (κ1) is 22.9. The van der Waals surface area contributed by atoms with Crippen molar-refractivity contribution in [2.24, 2.45) is 5.92 Å². The van der Waals surface area contributed by atoms with Crippen LogP contribution in [0.2, 0.25) is 0 Å². The lowest BCUT2D eigenvalue weighted by Gasteiger charge is -2.16. The van der Waals surface area contributed by atoms with Gasteiger partial charge in [0.25, 0.3) is 5.56 Å². The zero-order chi connectivity index (χ0) is 23.5. The van der Waals surface area contributed by atoms with Gasteiger partial charge in [0, 0.05) is 54.7 Å². The van der Waals surface area contributed by atoms with E-state index in [1.807, 2.05) is 26.8 Å². The summed E-state index contributed by atoms with van der Waals surface area (Å²) in [6.45, 7) is 11.2. The summed E-state index contributed by atoms with van der Waals surface area (Å²) in [4.78, 5) is 26.1. The minimum atomic E-state index is -0.0610. The van der Waals surface area contributed by atoms with Crippen LogP contribution in [0, 0.1) is 26.7 Å². The van der Waals surface area contributed by atoms with E-state index in [9.17, 15) is 4.79 Å². The molecule has 1 fully saturated rings. The highest BCUT2D eigenvalue weighted by Gasteiger charge is 2.40. The van der Waals surface area contributed by atoms with E-state index in [0.29, 0.717) is 43.3 Å². The summed E-state index contributed by atoms with van der Waals surface area (Å²) in [5.74, 6) is 1.95. The minimum absolute atomic E-state index is 0.0610. The van der Waals surface area contributed by atoms with Gasteiger partial charge in [-0.25, -0.2) is 4.98 Å². The summed E-state index contributed by atoms with van der Waals surface area (Å²) in [5, 5.41) is 0. The molecule has 7 heteroatoms. The van der Waals surface area contributed by atoms with Crippen molar-refractivity contribution in [3.63, 3.8) is 0 Å². The van der Waals surface area contributed by atoms with Gasteiger partial charge in [0.1, 0.15) is 5.82 Å². The Morgan fingerprint density at radius 2 is 1.97 bits per heavy atom. The summed E-state index contributed by atoms with van der Waals surface area (Å²) >= 11 is 0. The van der Waals surface area contributed by atoms with Gasteiger partial charge in [0.2, 0.25) is 5.88 Å². The maximum atomic E-state index is 12.4. The van der Waals surface area contributed by atoms with Crippen molar-refractivity contribution in [3.05, 3.63) is 75.9 Å². The van der Waals surface area contributed by atoms with E-state index >= 15 is 0 Å². The third-order valence-corrected chi connectivity index (χ3v) is 6.22. The normalized spacial score (nSPS) is 17.1. The van der Waals surface area contributed by atoms with Crippen LogP contribution in [-0.2, 0) is 11.3 Å². The standard InChI is InChI=1S/C26H30N4O3/c1-6-23-16(2)7-9-24(29-23)21-13-19(21)15-33-26-22(14-27-18(4)28-26)20-8-10-25(31)30(17(20)3)11-12-32-5/h6-10,14,19,21H,1,11-13,15H2,2-5H3. The Morgan fingerprint density at radius 3 is 2.73 bits per heavy atom. The van der Waals surface area contributed by atoms with Gasteiger partial charge >= 0.3 is 0 Å². The average molecular weight is 447 g/mol. The molecule has 33 heavy (non-hydrogen) atoms. The SMILES string of the molecule is C=Cc1nc(C2CC2COc2nc(C)ncc2-c2ccc(=O)n(CCOC)c2C)ccc1C. The van der Waals surface area contributed by atoms with E-state index in [2.05, 4.69) is 28.7 Å². The van der Waals surface area contributed by atoms with E-state index in [-0.39, 0.29) is 5.56 Å². The Bertz CT molecular complexity index is 1230. The van der Waals surface area contributed by atoms with Crippen molar-refractivity contribution in [1.29, 1.82) is 0 Å². The van der Waals surface area contributed by atoms with Crippen molar-refractivity contribution in [2.45, 2.75) is 39.7 Å². The lowest BCUT2D eigenvalue weighted by atomic mass is 10.1. The van der Waals surface area contributed by atoms with Crippen molar-refractivity contribution in [3.8, 4) is 17.0 Å². The van der Waals surface area contributed by atoms with Crippen LogP contribution >= 0.6 is 0 Å². The summed E-state index contributed by atoms with van der Waals surface area (Å²) in [6.07, 6.45) is 4.61. The third-order valence-electron chi connectivity index (χ3n) is 6.22. The molecule has 1 aliphatic rings. The Hall–Kier alpha value is -3.32. The molecule has 0 aromatic carbocycles. The van der Waals surface area contributed by atoms with Crippen molar-refractivity contribution in [2.75, 3.05) is 20.3 Å². The third kappa shape index (κ3) is 4.88. The Labute approximate surface area is 194 Å². The van der Waals surface area contributed by atoms with Crippen LogP contribution in [0.25, 0.3) is 17.2 Å². The van der Waals surface area contributed by atoms with E-state index < -0.39 is 0 Å². The molecule has 2 unspecified atom stereocenters. The summed E-state index contributed by atoms with van der Waals surface area (Å²) < 4.78 is 13.1.